The minimum atomic E-state index is -0.253. The monoisotopic (exact) mass is 412 g/mol. The molecule has 0 bridgehead atoms. The van der Waals surface area contributed by atoms with Crippen molar-refractivity contribution in [1.82, 2.24) is 10.2 Å². The molecule has 9 heteroatoms. The van der Waals surface area contributed by atoms with Gasteiger partial charge in [0.05, 0.1) is 24.2 Å². The fraction of sp³-hybridized carbons (Fsp3) is 0.200. The number of nitrogens with zero attached hydrogens (tertiary/aromatic N) is 2. The molecule has 2 N–H and O–H groups in total. The number of aryl methyl sites for hydroxylation is 1. The lowest BCUT2D eigenvalue weighted by Gasteiger charge is -2.12. The Kier molecular flexibility index (Phi) is 6.50. The van der Waals surface area contributed by atoms with Gasteiger partial charge in [0.2, 0.25) is 17.7 Å². The van der Waals surface area contributed by atoms with Gasteiger partial charge >= 0.3 is 0 Å². The van der Waals surface area contributed by atoms with Gasteiger partial charge < -0.3 is 19.8 Å². The van der Waals surface area contributed by atoms with Gasteiger partial charge in [-0.25, -0.2) is 0 Å². The van der Waals surface area contributed by atoms with Gasteiger partial charge in [-0.2, -0.15) is 0 Å². The number of methoxy groups -OCH3 is 1. The minimum Gasteiger partial charge on any atom is -0.497 e. The van der Waals surface area contributed by atoms with E-state index in [-0.39, 0.29) is 22.8 Å². The Hall–Kier alpha value is -3.33. The molecule has 0 atom stereocenters. The van der Waals surface area contributed by atoms with Gasteiger partial charge in [0.15, 0.2) is 0 Å². The molecule has 3 aromatic rings. The van der Waals surface area contributed by atoms with Crippen LogP contribution in [-0.4, -0.2) is 34.9 Å². The Morgan fingerprint density at radius 1 is 1.07 bits per heavy atom. The van der Waals surface area contributed by atoms with Crippen LogP contribution >= 0.6 is 11.8 Å². The molecule has 2 aromatic carbocycles. The smallest absolute Gasteiger partial charge is 0.277 e. The normalized spacial score (nSPS) is 10.4. The van der Waals surface area contributed by atoms with E-state index in [1.54, 1.807) is 31.4 Å². The number of ether oxygens (including phenoxy) is 1. The van der Waals surface area contributed by atoms with Crippen molar-refractivity contribution in [2.24, 2.45) is 0 Å². The highest BCUT2D eigenvalue weighted by Crippen LogP contribution is 2.26. The van der Waals surface area contributed by atoms with Crippen LogP contribution in [0, 0.1) is 6.92 Å². The molecule has 0 radical (unpaired) electrons. The third-order valence-electron chi connectivity index (χ3n) is 3.83. The first-order chi connectivity index (χ1) is 13.9. The van der Waals surface area contributed by atoms with Crippen molar-refractivity contribution in [3.05, 3.63) is 48.0 Å². The summed E-state index contributed by atoms with van der Waals surface area (Å²) < 4.78 is 10.7. The summed E-state index contributed by atoms with van der Waals surface area (Å²) in [7, 11) is 1.59. The van der Waals surface area contributed by atoms with Gasteiger partial charge in [-0.3, -0.25) is 9.59 Å². The van der Waals surface area contributed by atoms with Gasteiger partial charge in [0, 0.05) is 12.5 Å². The number of amides is 2. The quantitative estimate of drug-likeness (QED) is 0.569. The zero-order valence-electron chi connectivity index (χ0n) is 16.2. The Morgan fingerprint density at radius 2 is 1.83 bits per heavy atom. The number of hydrogen-bond acceptors (Lipinski definition) is 7. The van der Waals surface area contributed by atoms with Gasteiger partial charge in [0.25, 0.3) is 5.22 Å². The van der Waals surface area contributed by atoms with E-state index in [2.05, 4.69) is 20.8 Å². The minimum absolute atomic E-state index is 0.0811. The van der Waals surface area contributed by atoms with E-state index in [1.807, 2.05) is 25.1 Å². The molecule has 3 rings (SSSR count). The molecule has 0 fully saturated rings. The topological polar surface area (TPSA) is 106 Å². The van der Waals surface area contributed by atoms with E-state index in [4.69, 9.17) is 9.15 Å². The number of anilines is 2. The van der Waals surface area contributed by atoms with Crippen molar-refractivity contribution in [2.45, 2.75) is 19.1 Å². The molecule has 150 valence electrons. The first kappa shape index (κ1) is 20.4. The van der Waals surface area contributed by atoms with Gasteiger partial charge in [-0.05, 0) is 48.9 Å². The Balaban J connectivity index is 1.61. The first-order valence-corrected chi connectivity index (χ1v) is 9.72. The highest BCUT2D eigenvalue weighted by atomic mass is 32.2. The number of carbonyl (C=O) groups excluding carboxylic acids is 2. The average Bonchev–Trinajstić information content (AvgIpc) is 3.17. The molecule has 0 saturated carbocycles. The fourth-order valence-corrected chi connectivity index (χ4v) is 3.06. The summed E-state index contributed by atoms with van der Waals surface area (Å²) in [5.41, 5.74) is 2.80. The predicted molar refractivity (Wildman–Crippen MR) is 111 cm³/mol. The van der Waals surface area contributed by atoms with Crippen molar-refractivity contribution in [3.8, 4) is 17.2 Å². The number of benzene rings is 2. The van der Waals surface area contributed by atoms with Crippen LogP contribution in [0.15, 0.2) is 52.1 Å². The summed E-state index contributed by atoms with van der Waals surface area (Å²) in [6.07, 6.45) is 0. The van der Waals surface area contributed by atoms with E-state index in [0.717, 1.165) is 28.6 Å². The summed E-state index contributed by atoms with van der Waals surface area (Å²) in [5, 5.41) is 13.8. The second kappa shape index (κ2) is 9.24. The number of thioether (sulfide) groups is 1. The Morgan fingerprint density at radius 3 is 2.52 bits per heavy atom. The molecule has 0 saturated heterocycles. The van der Waals surface area contributed by atoms with Crippen LogP contribution in [0.5, 0.6) is 5.75 Å². The van der Waals surface area contributed by atoms with Crippen LogP contribution in [0.3, 0.4) is 0 Å². The third kappa shape index (κ3) is 5.58. The molecule has 0 aliphatic rings. The SMILES string of the molecule is COc1ccc(-c2nnc(SCC(=O)Nc3cc(C)ccc3NC(C)=O)o2)cc1. The summed E-state index contributed by atoms with van der Waals surface area (Å²) in [6.45, 7) is 3.32. The average molecular weight is 412 g/mol. The van der Waals surface area contributed by atoms with E-state index in [0.29, 0.717) is 17.3 Å². The first-order valence-electron chi connectivity index (χ1n) is 8.73. The summed E-state index contributed by atoms with van der Waals surface area (Å²) >= 11 is 1.13. The zero-order chi connectivity index (χ0) is 20.8. The van der Waals surface area contributed by atoms with E-state index in [9.17, 15) is 9.59 Å². The summed E-state index contributed by atoms with van der Waals surface area (Å²) in [4.78, 5) is 23.7. The van der Waals surface area contributed by atoms with Crippen molar-refractivity contribution in [1.29, 1.82) is 0 Å². The largest absolute Gasteiger partial charge is 0.497 e. The number of rotatable bonds is 7. The van der Waals surface area contributed by atoms with Crippen LogP contribution in [0.1, 0.15) is 12.5 Å². The van der Waals surface area contributed by atoms with Crippen LogP contribution in [-0.2, 0) is 9.59 Å². The summed E-state index contributed by atoms with van der Waals surface area (Å²) in [5.74, 6) is 0.709. The van der Waals surface area contributed by atoms with Crippen LogP contribution in [0.25, 0.3) is 11.5 Å². The van der Waals surface area contributed by atoms with Gasteiger partial charge in [-0.1, -0.05) is 17.8 Å². The van der Waals surface area contributed by atoms with Crippen LogP contribution in [0.2, 0.25) is 0 Å². The van der Waals surface area contributed by atoms with Crippen molar-refractivity contribution < 1.29 is 18.7 Å². The van der Waals surface area contributed by atoms with E-state index in [1.165, 1.54) is 6.92 Å². The zero-order valence-corrected chi connectivity index (χ0v) is 17.0. The lowest BCUT2D eigenvalue weighted by atomic mass is 10.2. The second-order valence-electron chi connectivity index (χ2n) is 6.17. The lowest BCUT2D eigenvalue weighted by Crippen LogP contribution is -2.16. The standard InChI is InChI=1S/C20H20N4O4S/c1-12-4-9-16(21-13(2)25)17(10-12)22-18(26)11-29-20-24-23-19(28-20)14-5-7-15(27-3)8-6-14/h4-10H,11H2,1-3H3,(H,21,25)(H,22,26). The second-order valence-corrected chi connectivity index (χ2v) is 7.10. The lowest BCUT2D eigenvalue weighted by molar-refractivity contribution is -0.115. The van der Waals surface area contributed by atoms with Gasteiger partial charge in [-0.15, -0.1) is 10.2 Å². The molecule has 1 aromatic heterocycles. The number of hydrogen-bond donors (Lipinski definition) is 2. The molecule has 2 amide bonds. The van der Waals surface area contributed by atoms with E-state index < -0.39 is 0 Å². The molecule has 1 heterocycles. The fourth-order valence-electron chi connectivity index (χ4n) is 2.49. The molecule has 0 aliphatic heterocycles. The Labute approximate surface area is 172 Å². The van der Waals surface area contributed by atoms with Crippen molar-refractivity contribution in [3.63, 3.8) is 0 Å². The molecule has 0 unspecified atom stereocenters. The molecule has 29 heavy (non-hydrogen) atoms. The predicted octanol–water partition coefficient (Wildman–Crippen LogP) is 3.74. The molecular formula is C20H20N4O4S. The Bertz CT molecular complexity index is 1020. The van der Waals surface area contributed by atoms with Crippen LogP contribution in [0.4, 0.5) is 11.4 Å². The summed E-state index contributed by atoms with van der Waals surface area (Å²) in [6, 6.07) is 12.6. The van der Waals surface area contributed by atoms with Crippen molar-refractivity contribution >= 4 is 35.0 Å². The highest BCUT2D eigenvalue weighted by Gasteiger charge is 2.13. The highest BCUT2D eigenvalue weighted by molar-refractivity contribution is 7.99. The molecule has 0 spiro atoms. The van der Waals surface area contributed by atoms with Gasteiger partial charge in [0.1, 0.15) is 5.75 Å². The number of carbonyl (C=O) groups is 2. The molecular weight excluding hydrogens is 392 g/mol. The molecule has 0 aliphatic carbocycles. The third-order valence-corrected chi connectivity index (χ3v) is 4.65. The van der Waals surface area contributed by atoms with Crippen molar-refractivity contribution in [2.75, 3.05) is 23.5 Å². The maximum absolute atomic E-state index is 12.3. The maximum atomic E-state index is 12.3. The van der Waals surface area contributed by atoms with E-state index >= 15 is 0 Å². The number of nitrogens with one attached hydrogen (secondary N) is 2. The van der Waals surface area contributed by atoms with Crippen LogP contribution < -0.4 is 15.4 Å². The maximum Gasteiger partial charge on any atom is 0.277 e. The number of aromatic nitrogens is 2. The molecule has 8 nitrogen and oxygen atoms in total.